The van der Waals surface area contributed by atoms with Crippen LogP contribution in [0.15, 0.2) is 12.7 Å². The standard InChI is InChI=1S/C9H15O2/c1-3-7-10-9(2)6-4-5-8-11-9/h3H,1-2,4-8H2. The third-order valence-electron chi connectivity index (χ3n) is 1.78. The van der Waals surface area contributed by atoms with Crippen molar-refractivity contribution in [3.8, 4) is 0 Å². The van der Waals surface area contributed by atoms with Gasteiger partial charge < -0.3 is 9.47 Å². The molecule has 1 aliphatic rings. The lowest BCUT2D eigenvalue weighted by Gasteiger charge is -2.32. The normalized spacial score (nSPS) is 31.7. The van der Waals surface area contributed by atoms with Crippen LogP contribution >= 0.6 is 0 Å². The van der Waals surface area contributed by atoms with Crippen LogP contribution < -0.4 is 0 Å². The summed E-state index contributed by atoms with van der Waals surface area (Å²) in [6, 6.07) is 0. The van der Waals surface area contributed by atoms with Crippen LogP contribution in [0.25, 0.3) is 0 Å². The summed E-state index contributed by atoms with van der Waals surface area (Å²) >= 11 is 0. The van der Waals surface area contributed by atoms with Crippen LogP contribution in [-0.2, 0) is 9.47 Å². The van der Waals surface area contributed by atoms with Crippen LogP contribution in [0.3, 0.4) is 0 Å². The Morgan fingerprint density at radius 3 is 2.91 bits per heavy atom. The largest absolute Gasteiger partial charge is 0.350 e. The van der Waals surface area contributed by atoms with Crippen molar-refractivity contribution < 1.29 is 9.47 Å². The predicted molar refractivity (Wildman–Crippen MR) is 44.0 cm³/mol. The maximum Gasteiger partial charge on any atom is 0.168 e. The van der Waals surface area contributed by atoms with E-state index in [4.69, 9.17) is 9.47 Å². The highest BCUT2D eigenvalue weighted by molar-refractivity contribution is 4.78. The lowest BCUT2D eigenvalue weighted by atomic mass is 10.1. The Kier molecular flexibility index (Phi) is 3.09. The minimum absolute atomic E-state index is 0.517. The third kappa shape index (κ3) is 2.64. The van der Waals surface area contributed by atoms with Crippen LogP contribution in [0, 0.1) is 6.92 Å². The average molecular weight is 155 g/mol. The molecule has 1 saturated heterocycles. The second-order valence-electron chi connectivity index (χ2n) is 2.82. The molecule has 1 rings (SSSR count). The fourth-order valence-corrected chi connectivity index (χ4v) is 1.15. The molecule has 0 saturated carbocycles. The van der Waals surface area contributed by atoms with Crippen LogP contribution in [0.5, 0.6) is 0 Å². The van der Waals surface area contributed by atoms with Crippen LogP contribution in [0.4, 0.5) is 0 Å². The second kappa shape index (κ2) is 3.88. The Bertz CT molecular complexity index is 126. The summed E-state index contributed by atoms with van der Waals surface area (Å²) in [7, 11) is 0. The van der Waals surface area contributed by atoms with E-state index in [1.54, 1.807) is 6.08 Å². The summed E-state index contributed by atoms with van der Waals surface area (Å²) in [6.45, 7) is 8.72. The van der Waals surface area contributed by atoms with E-state index in [9.17, 15) is 0 Å². The van der Waals surface area contributed by atoms with Gasteiger partial charge in [-0.15, -0.1) is 6.58 Å². The molecule has 0 aromatic carbocycles. The molecule has 1 atom stereocenters. The molecule has 1 aliphatic heterocycles. The molecular weight excluding hydrogens is 140 g/mol. The Morgan fingerprint density at radius 2 is 2.36 bits per heavy atom. The van der Waals surface area contributed by atoms with Gasteiger partial charge in [0.05, 0.1) is 13.2 Å². The number of hydrogen-bond acceptors (Lipinski definition) is 2. The van der Waals surface area contributed by atoms with Gasteiger partial charge in [0, 0.05) is 13.3 Å². The molecule has 1 unspecified atom stereocenters. The van der Waals surface area contributed by atoms with Crippen molar-refractivity contribution in [3.05, 3.63) is 19.6 Å². The maximum atomic E-state index is 5.39. The molecule has 0 aromatic heterocycles. The van der Waals surface area contributed by atoms with Crippen molar-refractivity contribution in [2.24, 2.45) is 0 Å². The molecule has 1 radical (unpaired) electrons. The Morgan fingerprint density at radius 1 is 1.55 bits per heavy atom. The third-order valence-corrected chi connectivity index (χ3v) is 1.78. The van der Waals surface area contributed by atoms with E-state index in [0.29, 0.717) is 6.61 Å². The molecular formula is C9H15O2. The van der Waals surface area contributed by atoms with Gasteiger partial charge in [0.25, 0.3) is 0 Å². The molecule has 1 heterocycles. The van der Waals surface area contributed by atoms with Gasteiger partial charge in [-0.3, -0.25) is 0 Å². The summed E-state index contributed by atoms with van der Waals surface area (Å²) in [5.74, 6) is -0.591. The Labute approximate surface area is 68.2 Å². The number of hydrogen-bond donors (Lipinski definition) is 0. The quantitative estimate of drug-likeness (QED) is 0.580. The first-order valence-electron chi connectivity index (χ1n) is 4.01. The molecule has 0 spiro atoms. The van der Waals surface area contributed by atoms with Gasteiger partial charge in [0.2, 0.25) is 0 Å². The summed E-state index contributed by atoms with van der Waals surface area (Å²) < 4.78 is 10.8. The molecule has 63 valence electrons. The Hall–Kier alpha value is -0.340. The van der Waals surface area contributed by atoms with Crippen molar-refractivity contribution in [1.29, 1.82) is 0 Å². The monoisotopic (exact) mass is 155 g/mol. The lowest BCUT2D eigenvalue weighted by molar-refractivity contribution is -0.219. The van der Waals surface area contributed by atoms with Gasteiger partial charge in [-0.25, -0.2) is 0 Å². The molecule has 2 nitrogen and oxygen atoms in total. The predicted octanol–water partition coefficient (Wildman–Crippen LogP) is 1.92. The van der Waals surface area contributed by atoms with Gasteiger partial charge in [0.15, 0.2) is 5.79 Å². The zero-order chi connectivity index (χ0) is 8.16. The van der Waals surface area contributed by atoms with Crippen molar-refractivity contribution in [2.45, 2.75) is 25.0 Å². The highest BCUT2D eigenvalue weighted by Gasteiger charge is 2.27. The van der Waals surface area contributed by atoms with Crippen molar-refractivity contribution in [2.75, 3.05) is 13.2 Å². The Balaban J connectivity index is 2.30. The number of rotatable bonds is 3. The molecule has 0 aliphatic carbocycles. The van der Waals surface area contributed by atoms with Crippen molar-refractivity contribution >= 4 is 0 Å². The summed E-state index contributed by atoms with van der Waals surface area (Å²) in [5, 5.41) is 0. The summed E-state index contributed by atoms with van der Waals surface area (Å²) in [5.41, 5.74) is 0. The van der Waals surface area contributed by atoms with Crippen LogP contribution in [0.1, 0.15) is 19.3 Å². The van der Waals surface area contributed by atoms with E-state index in [0.717, 1.165) is 25.9 Å². The van der Waals surface area contributed by atoms with Gasteiger partial charge in [-0.1, -0.05) is 6.08 Å². The average Bonchev–Trinajstić information content (AvgIpc) is 2.03. The molecule has 11 heavy (non-hydrogen) atoms. The number of ether oxygens (including phenoxy) is 2. The van der Waals surface area contributed by atoms with E-state index < -0.39 is 5.79 Å². The van der Waals surface area contributed by atoms with Crippen molar-refractivity contribution in [1.82, 2.24) is 0 Å². The van der Waals surface area contributed by atoms with E-state index in [-0.39, 0.29) is 0 Å². The van der Waals surface area contributed by atoms with Crippen LogP contribution in [0.2, 0.25) is 0 Å². The highest BCUT2D eigenvalue weighted by Crippen LogP contribution is 2.24. The molecule has 1 fully saturated rings. The van der Waals surface area contributed by atoms with Gasteiger partial charge in [0.1, 0.15) is 0 Å². The maximum absolute atomic E-state index is 5.39. The first-order chi connectivity index (χ1) is 5.27. The SMILES string of the molecule is [CH2]C1(OCC=C)CCCCO1. The fraction of sp³-hybridized carbons (Fsp3) is 0.667. The molecule has 0 amide bonds. The van der Waals surface area contributed by atoms with E-state index >= 15 is 0 Å². The smallest absolute Gasteiger partial charge is 0.168 e. The fourth-order valence-electron chi connectivity index (χ4n) is 1.15. The van der Waals surface area contributed by atoms with E-state index in [1.165, 1.54) is 0 Å². The first-order valence-corrected chi connectivity index (χ1v) is 4.01. The minimum Gasteiger partial charge on any atom is -0.350 e. The zero-order valence-electron chi connectivity index (χ0n) is 6.84. The van der Waals surface area contributed by atoms with Gasteiger partial charge in [-0.05, 0) is 12.8 Å². The molecule has 2 heteroatoms. The summed E-state index contributed by atoms with van der Waals surface area (Å²) in [6.07, 6.45) is 4.86. The lowest BCUT2D eigenvalue weighted by Crippen LogP contribution is -2.36. The van der Waals surface area contributed by atoms with Crippen LogP contribution in [-0.4, -0.2) is 19.0 Å². The topological polar surface area (TPSA) is 18.5 Å². The molecule has 0 N–H and O–H groups in total. The van der Waals surface area contributed by atoms with E-state index in [2.05, 4.69) is 13.5 Å². The first kappa shape index (κ1) is 8.75. The van der Waals surface area contributed by atoms with Gasteiger partial charge >= 0.3 is 0 Å². The van der Waals surface area contributed by atoms with Gasteiger partial charge in [-0.2, -0.15) is 0 Å². The minimum atomic E-state index is -0.591. The summed E-state index contributed by atoms with van der Waals surface area (Å²) in [4.78, 5) is 0. The van der Waals surface area contributed by atoms with Crippen molar-refractivity contribution in [3.63, 3.8) is 0 Å². The second-order valence-corrected chi connectivity index (χ2v) is 2.82. The van der Waals surface area contributed by atoms with E-state index in [1.807, 2.05) is 0 Å². The zero-order valence-corrected chi connectivity index (χ0v) is 6.84. The molecule has 0 aromatic rings. The molecule has 0 bridgehead atoms. The highest BCUT2D eigenvalue weighted by atomic mass is 16.7.